The lowest BCUT2D eigenvalue weighted by molar-refractivity contribution is 0.298. The van der Waals surface area contributed by atoms with Crippen molar-refractivity contribution in [3.63, 3.8) is 0 Å². The lowest BCUT2D eigenvalue weighted by Gasteiger charge is -2.29. The Bertz CT molecular complexity index is 1140. The molecule has 0 radical (unpaired) electrons. The summed E-state index contributed by atoms with van der Waals surface area (Å²) in [6.07, 6.45) is 7.68. The van der Waals surface area contributed by atoms with Crippen molar-refractivity contribution >= 4 is 17.3 Å². The molecule has 1 saturated heterocycles. The summed E-state index contributed by atoms with van der Waals surface area (Å²) < 4.78 is 2.28. The zero-order valence-corrected chi connectivity index (χ0v) is 17.8. The molecule has 1 fully saturated rings. The highest BCUT2D eigenvalue weighted by molar-refractivity contribution is 7.80. The van der Waals surface area contributed by atoms with Gasteiger partial charge in [0.2, 0.25) is 0 Å². The smallest absolute Gasteiger partial charge is 0.170 e. The molecule has 1 aliphatic heterocycles. The van der Waals surface area contributed by atoms with Crippen LogP contribution in [0.25, 0.3) is 0 Å². The molecule has 1 N–H and O–H groups in total. The van der Waals surface area contributed by atoms with E-state index in [-0.39, 0.29) is 12.1 Å². The molecular formula is C25H23N5S. The van der Waals surface area contributed by atoms with Crippen molar-refractivity contribution in [3.8, 4) is 0 Å². The molecule has 0 spiro atoms. The van der Waals surface area contributed by atoms with Gasteiger partial charge in [0.15, 0.2) is 5.11 Å². The Kier molecular flexibility index (Phi) is 5.46. The van der Waals surface area contributed by atoms with E-state index < -0.39 is 0 Å². The van der Waals surface area contributed by atoms with Crippen LogP contribution in [0.1, 0.15) is 34.6 Å². The lowest BCUT2D eigenvalue weighted by atomic mass is 10.0. The first-order chi connectivity index (χ1) is 15.3. The van der Waals surface area contributed by atoms with Crippen molar-refractivity contribution in [1.82, 2.24) is 24.8 Å². The highest BCUT2D eigenvalue weighted by Crippen LogP contribution is 2.39. The van der Waals surface area contributed by atoms with Gasteiger partial charge < -0.3 is 14.8 Å². The average Bonchev–Trinajstić information content (AvgIpc) is 3.40. The maximum absolute atomic E-state index is 5.81. The minimum absolute atomic E-state index is 0.0225. The molecule has 1 aliphatic rings. The quantitative estimate of drug-likeness (QED) is 0.461. The molecule has 0 unspecified atom stereocenters. The number of hydrogen-bond acceptors (Lipinski definition) is 3. The van der Waals surface area contributed by atoms with Crippen LogP contribution in [0.2, 0.25) is 0 Å². The molecule has 0 aliphatic carbocycles. The van der Waals surface area contributed by atoms with Gasteiger partial charge in [0.1, 0.15) is 0 Å². The van der Waals surface area contributed by atoms with Gasteiger partial charge in [-0.05, 0) is 53.7 Å². The summed E-state index contributed by atoms with van der Waals surface area (Å²) >= 11 is 5.81. The molecule has 3 aromatic heterocycles. The van der Waals surface area contributed by atoms with Gasteiger partial charge in [-0.1, -0.05) is 42.5 Å². The van der Waals surface area contributed by atoms with Crippen LogP contribution >= 0.6 is 12.2 Å². The van der Waals surface area contributed by atoms with Gasteiger partial charge in [-0.25, -0.2) is 0 Å². The Hall–Kier alpha value is -3.51. The Morgan fingerprint density at radius 2 is 1.68 bits per heavy atom. The van der Waals surface area contributed by atoms with E-state index in [0.29, 0.717) is 0 Å². The topological polar surface area (TPSA) is 46.0 Å². The maximum atomic E-state index is 5.81. The third-order valence-corrected chi connectivity index (χ3v) is 5.99. The SMILES string of the molecule is S=C1N[C@@H](c2ccccn2)[C@H](c2cccn2Cc2cccnc2)N1Cc1ccccc1. The number of rotatable bonds is 6. The third kappa shape index (κ3) is 4.07. The number of pyridine rings is 2. The fraction of sp³-hybridized carbons (Fsp3) is 0.160. The second-order valence-corrected chi connectivity index (χ2v) is 8.05. The number of hydrogen-bond donors (Lipinski definition) is 1. The largest absolute Gasteiger partial charge is 0.352 e. The van der Waals surface area contributed by atoms with E-state index in [4.69, 9.17) is 12.2 Å². The molecule has 154 valence electrons. The Morgan fingerprint density at radius 3 is 2.45 bits per heavy atom. The summed E-state index contributed by atoms with van der Waals surface area (Å²) in [7, 11) is 0. The molecule has 31 heavy (non-hydrogen) atoms. The zero-order valence-electron chi connectivity index (χ0n) is 17.0. The van der Waals surface area contributed by atoms with E-state index >= 15 is 0 Å². The molecule has 0 saturated carbocycles. The van der Waals surface area contributed by atoms with Crippen LogP contribution in [0, 0.1) is 0 Å². The minimum Gasteiger partial charge on any atom is -0.352 e. The third-order valence-electron chi connectivity index (χ3n) is 5.64. The van der Waals surface area contributed by atoms with Crippen molar-refractivity contribution in [2.24, 2.45) is 0 Å². The van der Waals surface area contributed by atoms with Crippen LogP contribution in [-0.4, -0.2) is 24.5 Å². The molecule has 5 nitrogen and oxygen atoms in total. The summed E-state index contributed by atoms with van der Waals surface area (Å²) in [6.45, 7) is 1.49. The van der Waals surface area contributed by atoms with Crippen molar-refractivity contribution in [1.29, 1.82) is 0 Å². The number of nitrogens with zero attached hydrogens (tertiary/aromatic N) is 4. The number of aromatic nitrogens is 3. The Morgan fingerprint density at radius 1 is 0.839 bits per heavy atom. The van der Waals surface area contributed by atoms with Gasteiger partial charge >= 0.3 is 0 Å². The monoisotopic (exact) mass is 425 g/mol. The summed E-state index contributed by atoms with van der Waals surface area (Å²) in [6, 6.07) is 24.8. The predicted octanol–water partition coefficient (Wildman–Crippen LogP) is 4.50. The van der Waals surface area contributed by atoms with Gasteiger partial charge in [-0.15, -0.1) is 0 Å². The first-order valence-electron chi connectivity index (χ1n) is 10.4. The average molecular weight is 426 g/mol. The molecule has 5 rings (SSSR count). The normalized spacial score (nSPS) is 18.2. The lowest BCUT2D eigenvalue weighted by Crippen LogP contribution is -2.30. The first-order valence-corrected chi connectivity index (χ1v) is 10.8. The molecule has 6 heteroatoms. The standard InChI is InChI=1S/C25H23N5S/c31-25-28-23(21-11-4-5-14-27-21)24(30(25)18-19-8-2-1-3-9-19)22-12-7-15-29(22)17-20-10-6-13-26-16-20/h1-16,23-24H,17-18H2,(H,28,31)/t23-,24-/m0/s1. The van der Waals surface area contributed by atoms with Gasteiger partial charge in [0.05, 0.1) is 17.8 Å². The van der Waals surface area contributed by atoms with Gasteiger partial charge in [-0.2, -0.15) is 0 Å². The van der Waals surface area contributed by atoms with Crippen LogP contribution in [0.5, 0.6) is 0 Å². The van der Waals surface area contributed by atoms with E-state index in [9.17, 15) is 0 Å². The molecule has 0 bridgehead atoms. The Balaban J connectivity index is 1.54. The molecule has 0 amide bonds. The van der Waals surface area contributed by atoms with Gasteiger partial charge in [0, 0.05) is 43.6 Å². The zero-order chi connectivity index (χ0) is 21.0. The predicted molar refractivity (Wildman–Crippen MR) is 125 cm³/mol. The number of benzene rings is 1. The minimum atomic E-state index is -0.0278. The maximum Gasteiger partial charge on any atom is 0.170 e. The summed E-state index contributed by atoms with van der Waals surface area (Å²) in [5, 5.41) is 4.29. The first kappa shape index (κ1) is 19.5. The van der Waals surface area contributed by atoms with Crippen LogP contribution in [0.3, 0.4) is 0 Å². The van der Waals surface area contributed by atoms with Crippen molar-refractivity contribution < 1.29 is 0 Å². The molecule has 4 aromatic rings. The Labute approximate surface area is 187 Å². The fourth-order valence-corrected chi connectivity index (χ4v) is 4.51. The van der Waals surface area contributed by atoms with Gasteiger partial charge in [-0.3, -0.25) is 9.97 Å². The number of thiocarbonyl (C=S) groups is 1. The molecular weight excluding hydrogens is 402 g/mol. The van der Waals surface area contributed by atoms with E-state index in [1.807, 2.05) is 36.7 Å². The highest BCUT2D eigenvalue weighted by atomic mass is 32.1. The van der Waals surface area contributed by atoms with Crippen LogP contribution in [0.4, 0.5) is 0 Å². The van der Waals surface area contributed by atoms with E-state index in [1.54, 1.807) is 6.20 Å². The number of nitrogens with one attached hydrogen (secondary N) is 1. The molecule has 1 aromatic carbocycles. The fourth-order valence-electron chi connectivity index (χ4n) is 4.21. The summed E-state index contributed by atoms with van der Waals surface area (Å²) in [4.78, 5) is 11.2. The van der Waals surface area contributed by atoms with Crippen molar-refractivity contribution in [3.05, 3.63) is 120 Å². The van der Waals surface area contributed by atoms with Crippen molar-refractivity contribution in [2.45, 2.75) is 25.2 Å². The van der Waals surface area contributed by atoms with Crippen LogP contribution < -0.4 is 5.32 Å². The highest BCUT2D eigenvalue weighted by Gasteiger charge is 2.41. The summed E-state index contributed by atoms with van der Waals surface area (Å²) in [5.74, 6) is 0. The van der Waals surface area contributed by atoms with E-state index in [0.717, 1.165) is 29.5 Å². The van der Waals surface area contributed by atoms with Crippen molar-refractivity contribution in [2.75, 3.05) is 0 Å². The van der Waals surface area contributed by atoms with Crippen LogP contribution in [-0.2, 0) is 13.1 Å². The second-order valence-electron chi connectivity index (χ2n) is 7.66. The second kappa shape index (κ2) is 8.70. The van der Waals surface area contributed by atoms with E-state index in [1.165, 1.54) is 11.3 Å². The van der Waals surface area contributed by atoms with Gasteiger partial charge in [0.25, 0.3) is 0 Å². The van der Waals surface area contributed by atoms with Crippen LogP contribution in [0.15, 0.2) is 97.6 Å². The summed E-state index contributed by atoms with van der Waals surface area (Å²) in [5.41, 5.74) is 4.57. The molecule has 2 atom stereocenters. The molecule has 4 heterocycles. The van der Waals surface area contributed by atoms with E-state index in [2.05, 4.69) is 79.5 Å².